The SMILES string of the molecule is CC[C@H]1CC[C@@H](N[C@H]2CCCC[C@@H]2Cc2ccc3c(c2)CN(C2CCC(=O)NC2=O)C3=O)CC1. The molecule has 0 bridgehead atoms. The number of imide groups is 1. The summed E-state index contributed by atoms with van der Waals surface area (Å²) in [5.41, 5.74) is 3.02. The number of hydrogen-bond donors (Lipinski definition) is 2. The number of nitrogens with zero attached hydrogens (tertiary/aromatic N) is 1. The first-order chi connectivity index (χ1) is 16.5. The van der Waals surface area contributed by atoms with Crippen molar-refractivity contribution in [3.05, 3.63) is 34.9 Å². The van der Waals surface area contributed by atoms with Crippen molar-refractivity contribution in [2.75, 3.05) is 0 Å². The molecular weight excluding hydrogens is 426 g/mol. The van der Waals surface area contributed by atoms with Crippen molar-refractivity contribution in [3.63, 3.8) is 0 Å². The Hall–Kier alpha value is -2.21. The maximum atomic E-state index is 13.0. The number of hydrogen-bond acceptors (Lipinski definition) is 4. The van der Waals surface area contributed by atoms with Crippen molar-refractivity contribution in [3.8, 4) is 0 Å². The molecule has 2 aliphatic carbocycles. The monoisotopic (exact) mass is 465 g/mol. The van der Waals surface area contributed by atoms with Gasteiger partial charge in [0.1, 0.15) is 6.04 Å². The van der Waals surface area contributed by atoms with E-state index in [9.17, 15) is 14.4 Å². The average Bonchev–Trinajstić information content (AvgIpc) is 3.16. The molecule has 2 aliphatic heterocycles. The van der Waals surface area contributed by atoms with Gasteiger partial charge in [-0.2, -0.15) is 0 Å². The smallest absolute Gasteiger partial charge is 0.255 e. The van der Waals surface area contributed by atoms with E-state index in [1.165, 1.54) is 63.4 Å². The van der Waals surface area contributed by atoms with E-state index >= 15 is 0 Å². The van der Waals surface area contributed by atoms with Crippen LogP contribution in [0.25, 0.3) is 0 Å². The molecule has 1 aromatic carbocycles. The molecule has 2 heterocycles. The highest BCUT2D eigenvalue weighted by Gasteiger charge is 2.39. The summed E-state index contributed by atoms with van der Waals surface area (Å²) in [6.45, 7) is 2.78. The summed E-state index contributed by atoms with van der Waals surface area (Å²) in [5, 5.41) is 6.44. The van der Waals surface area contributed by atoms with Crippen molar-refractivity contribution in [1.29, 1.82) is 0 Å². The van der Waals surface area contributed by atoms with Gasteiger partial charge in [-0.1, -0.05) is 38.3 Å². The van der Waals surface area contributed by atoms with Crippen LogP contribution in [-0.4, -0.2) is 40.7 Å². The van der Waals surface area contributed by atoms with E-state index in [1.54, 1.807) is 4.90 Å². The molecule has 2 saturated carbocycles. The molecular formula is C28H39N3O3. The summed E-state index contributed by atoms with van der Waals surface area (Å²) in [6.07, 6.45) is 13.6. The van der Waals surface area contributed by atoms with Crippen molar-refractivity contribution >= 4 is 17.7 Å². The molecule has 1 saturated heterocycles. The molecule has 1 aromatic rings. The Kier molecular flexibility index (Phi) is 7.05. The third-order valence-corrected chi connectivity index (χ3v) is 8.87. The van der Waals surface area contributed by atoms with Crippen molar-refractivity contribution in [2.45, 2.75) is 109 Å². The second-order valence-corrected chi connectivity index (χ2v) is 11.0. The number of piperidine rings is 1. The third kappa shape index (κ3) is 4.93. The number of amides is 3. The van der Waals surface area contributed by atoms with Gasteiger partial charge in [0.15, 0.2) is 0 Å². The molecule has 0 aromatic heterocycles. The largest absolute Gasteiger partial charge is 0.322 e. The van der Waals surface area contributed by atoms with Gasteiger partial charge in [-0.05, 0) is 80.4 Å². The van der Waals surface area contributed by atoms with E-state index in [-0.39, 0.29) is 24.1 Å². The quantitative estimate of drug-likeness (QED) is 0.620. The van der Waals surface area contributed by atoms with Crippen LogP contribution in [0.3, 0.4) is 0 Å². The van der Waals surface area contributed by atoms with E-state index in [1.807, 2.05) is 6.07 Å². The van der Waals surface area contributed by atoms with Crippen LogP contribution in [0.1, 0.15) is 99.0 Å². The fourth-order valence-electron chi connectivity index (χ4n) is 6.77. The Bertz CT molecular complexity index is 937. The van der Waals surface area contributed by atoms with Gasteiger partial charge < -0.3 is 10.2 Å². The van der Waals surface area contributed by atoms with Crippen LogP contribution < -0.4 is 10.6 Å². The van der Waals surface area contributed by atoms with Crippen molar-refractivity contribution in [2.24, 2.45) is 11.8 Å². The molecule has 2 N–H and O–H groups in total. The second-order valence-electron chi connectivity index (χ2n) is 11.0. The number of nitrogens with one attached hydrogen (secondary N) is 2. The fraction of sp³-hybridized carbons (Fsp3) is 0.679. The van der Waals surface area contributed by atoms with Crippen molar-refractivity contribution in [1.82, 2.24) is 15.5 Å². The minimum Gasteiger partial charge on any atom is -0.322 e. The van der Waals surface area contributed by atoms with Crippen LogP contribution >= 0.6 is 0 Å². The molecule has 3 fully saturated rings. The first-order valence-electron chi connectivity index (χ1n) is 13.5. The normalized spacial score (nSPS) is 32.0. The molecule has 0 radical (unpaired) electrons. The van der Waals surface area contributed by atoms with Crippen LogP contribution in [0.5, 0.6) is 0 Å². The predicted octanol–water partition coefficient (Wildman–Crippen LogP) is 4.11. The highest BCUT2D eigenvalue weighted by Crippen LogP contribution is 2.33. The first-order valence-corrected chi connectivity index (χ1v) is 13.5. The molecule has 184 valence electrons. The zero-order valence-electron chi connectivity index (χ0n) is 20.5. The summed E-state index contributed by atoms with van der Waals surface area (Å²) in [4.78, 5) is 38.5. The Morgan fingerprint density at radius 1 is 1.00 bits per heavy atom. The summed E-state index contributed by atoms with van der Waals surface area (Å²) < 4.78 is 0. The van der Waals surface area contributed by atoms with Crippen LogP contribution in [0, 0.1) is 11.8 Å². The van der Waals surface area contributed by atoms with Gasteiger partial charge in [0, 0.05) is 30.6 Å². The summed E-state index contributed by atoms with van der Waals surface area (Å²) in [7, 11) is 0. The van der Waals surface area contributed by atoms with E-state index in [4.69, 9.17) is 0 Å². The molecule has 1 unspecified atom stereocenters. The number of carbonyl (C=O) groups is 3. The average molecular weight is 466 g/mol. The van der Waals surface area contributed by atoms with E-state index in [2.05, 4.69) is 29.7 Å². The Balaban J connectivity index is 1.23. The number of rotatable bonds is 6. The highest BCUT2D eigenvalue weighted by molar-refractivity contribution is 6.05. The zero-order chi connectivity index (χ0) is 23.7. The van der Waals surface area contributed by atoms with Crippen LogP contribution in [0.15, 0.2) is 18.2 Å². The molecule has 3 atom stereocenters. The number of benzene rings is 1. The fourth-order valence-corrected chi connectivity index (χ4v) is 6.77. The number of fused-ring (bicyclic) bond motifs is 1. The van der Waals surface area contributed by atoms with Gasteiger partial charge in [-0.25, -0.2) is 0 Å². The number of carbonyl (C=O) groups excluding carboxylic acids is 3. The lowest BCUT2D eigenvalue weighted by Gasteiger charge is -2.38. The van der Waals surface area contributed by atoms with Gasteiger partial charge in [0.05, 0.1) is 0 Å². The van der Waals surface area contributed by atoms with Gasteiger partial charge in [-0.3, -0.25) is 19.7 Å². The minimum atomic E-state index is -0.546. The molecule has 5 rings (SSSR count). The van der Waals surface area contributed by atoms with Crippen molar-refractivity contribution < 1.29 is 14.4 Å². The summed E-state index contributed by atoms with van der Waals surface area (Å²) in [5.74, 6) is 0.882. The van der Waals surface area contributed by atoms with E-state index in [0.29, 0.717) is 36.5 Å². The summed E-state index contributed by atoms with van der Waals surface area (Å²) >= 11 is 0. The zero-order valence-corrected chi connectivity index (χ0v) is 20.5. The molecule has 3 amide bonds. The molecule has 0 spiro atoms. The Labute approximate surface area is 203 Å². The molecule has 6 nitrogen and oxygen atoms in total. The van der Waals surface area contributed by atoms with Gasteiger partial charge in [-0.15, -0.1) is 0 Å². The van der Waals surface area contributed by atoms with Gasteiger partial charge in [0.25, 0.3) is 5.91 Å². The topological polar surface area (TPSA) is 78.5 Å². The second kappa shape index (κ2) is 10.2. The Morgan fingerprint density at radius 2 is 1.79 bits per heavy atom. The first kappa shape index (κ1) is 23.5. The molecule has 6 heteroatoms. The third-order valence-electron chi connectivity index (χ3n) is 8.87. The standard InChI is InChI=1S/C28H39N3O3/c1-2-18-7-10-22(11-8-18)29-24-6-4-3-5-20(24)15-19-9-12-23-21(16-19)17-31(28(23)34)25-13-14-26(32)30-27(25)33/h9,12,16,18,20,22,24-25,29H,2-8,10-11,13-15,17H2,1H3,(H,30,32,33)/t18-,20-,22+,24+,25?/m1/s1. The van der Waals surface area contributed by atoms with Crippen LogP contribution in [0.2, 0.25) is 0 Å². The maximum Gasteiger partial charge on any atom is 0.255 e. The molecule has 34 heavy (non-hydrogen) atoms. The summed E-state index contributed by atoms with van der Waals surface area (Å²) in [6, 6.07) is 6.98. The van der Waals surface area contributed by atoms with Gasteiger partial charge in [0.2, 0.25) is 11.8 Å². The van der Waals surface area contributed by atoms with Crippen LogP contribution in [-0.2, 0) is 22.6 Å². The van der Waals surface area contributed by atoms with Gasteiger partial charge >= 0.3 is 0 Å². The lowest BCUT2D eigenvalue weighted by molar-refractivity contribution is -0.136. The maximum absolute atomic E-state index is 13.0. The lowest BCUT2D eigenvalue weighted by Crippen LogP contribution is -2.52. The Morgan fingerprint density at radius 3 is 2.56 bits per heavy atom. The van der Waals surface area contributed by atoms with Crippen LogP contribution in [0.4, 0.5) is 0 Å². The van der Waals surface area contributed by atoms with E-state index < -0.39 is 6.04 Å². The lowest BCUT2D eigenvalue weighted by atomic mass is 9.78. The predicted molar refractivity (Wildman–Crippen MR) is 131 cm³/mol. The highest BCUT2D eigenvalue weighted by atomic mass is 16.2. The minimum absolute atomic E-state index is 0.0871. The molecule has 4 aliphatic rings. The van der Waals surface area contributed by atoms with E-state index in [0.717, 1.165) is 17.9 Å².